The van der Waals surface area contributed by atoms with E-state index in [9.17, 15) is 9.18 Å². The summed E-state index contributed by atoms with van der Waals surface area (Å²) in [5.41, 5.74) is 2.75. The Bertz CT molecular complexity index is 514. The van der Waals surface area contributed by atoms with Crippen molar-refractivity contribution in [1.82, 2.24) is 10.6 Å². The highest BCUT2D eigenvalue weighted by molar-refractivity contribution is 5.97. The van der Waals surface area contributed by atoms with Crippen molar-refractivity contribution in [3.05, 3.63) is 29.3 Å². The van der Waals surface area contributed by atoms with Gasteiger partial charge in [-0.3, -0.25) is 4.79 Å². The fourth-order valence-electron chi connectivity index (χ4n) is 3.21. The van der Waals surface area contributed by atoms with E-state index in [2.05, 4.69) is 16.0 Å². The highest BCUT2D eigenvalue weighted by Gasteiger charge is 2.24. The maximum Gasteiger partial charge on any atom is 0.251 e. The SMILES string of the molecule is O=C(NCC(F)C1CCNCC1)c1cccc2c1CCN2. The van der Waals surface area contributed by atoms with Crippen LogP contribution in [0.4, 0.5) is 10.1 Å². The Hall–Kier alpha value is -1.62. The first-order valence-electron chi connectivity index (χ1n) is 7.74. The third kappa shape index (κ3) is 3.18. The molecule has 2 aliphatic heterocycles. The number of carbonyl (C=O) groups is 1. The van der Waals surface area contributed by atoms with Crippen molar-refractivity contribution in [3.63, 3.8) is 0 Å². The average molecular weight is 291 g/mol. The average Bonchev–Trinajstić information content (AvgIpc) is 3.01. The van der Waals surface area contributed by atoms with Crippen LogP contribution < -0.4 is 16.0 Å². The zero-order chi connectivity index (χ0) is 14.7. The van der Waals surface area contributed by atoms with Crippen LogP contribution in [-0.4, -0.2) is 38.3 Å². The van der Waals surface area contributed by atoms with Crippen LogP contribution in [0.1, 0.15) is 28.8 Å². The zero-order valence-corrected chi connectivity index (χ0v) is 12.1. The second-order valence-corrected chi connectivity index (χ2v) is 5.82. The summed E-state index contributed by atoms with van der Waals surface area (Å²) in [7, 11) is 0. The minimum absolute atomic E-state index is 0.0645. The molecule has 0 spiro atoms. The first-order valence-corrected chi connectivity index (χ1v) is 7.74. The number of benzene rings is 1. The van der Waals surface area contributed by atoms with Crippen molar-refractivity contribution in [1.29, 1.82) is 0 Å². The highest BCUT2D eigenvalue weighted by atomic mass is 19.1. The first kappa shape index (κ1) is 14.3. The summed E-state index contributed by atoms with van der Waals surface area (Å²) >= 11 is 0. The van der Waals surface area contributed by atoms with E-state index in [0.29, 0.717) is 5.56 Å². The molecule has 0 radical (unpaired) electrons. The zero-order valence-electron chi connectivity index (χ0n) is 12.1. The number of amides is 1. The monoisotopic (exact) mass is 291 g/mol. The lowest BCUT2D eigenvalue weighted by Crippen LogP contribution is -2.39. The van der Waals surface area contributed by atoms with Gasteiger partial charge in [-0.2, -0.15) is 0 Å². The highest BCUT2D eigenvalue weighted by Crippen LogP contribution is 2.25. The van der Waals surface area contributed by atoms with Crippen molar-refractivity contribution < 1.29 is 9.18 Å². The van der Waals surface area contributed by atoms with Gasteiger partial charge in [-0.05, 0) is 56.0 Å². The number of nitrogens with one attached hydrogen (secondary N) is 3. The van der Waals surface area contributed by atoms with E-state index in [1.54, 1.807) is 0 Å². The number of halogens is 1. The van der Waals surface area contributed by atoms with E-state index < -0.39 is 6.17 Å². The Kier molecular flexibility index (Phi) is 4.39. The first-order chi connectivity index (χ1) is 10.3. The Labute approximate surface area is 124 Å². The number of anilines is 1. The molecule has 1 fully saturated rings. The van der Waals surface area contributed by atoms with Gasteiger partial charge in [-0.15, -0.1) is 0 Å². The maximum atomic E-state index is 14.2. The summed E-state index contributed by atoms with van der Waals surface area (Å²) in [6, 6.07) is 5.66. The van der Waals surface area contributed by atoms with Crippen molar-refractivity contribution >= 4 is 11.6 Å². The van der Waals surface area contributed by atoms with Crippen molar-refractivity contribution in [2.75, 3.05) is 31.5 Å². The summed E-state index contributed by atoms with van der Waals surface area (Å²) in [6.07, 6.45) is 1.60. The van der Waals surface area contributed by atoms with E-state index in [1.165, 1.54) is 0 Å². The molecule has 5 heteroatoms. The van der Waals surface area contributed by atoms with E-state index in [-0.39, 0.29) is 18.4 Å². The fraction of sp³-hybridized carbons (Fsp3) is 0.562. The third-order valence-electron chi connectivity index (χ3n) is 4.46. The van der Waals surface area contributed by atoms with E-state index in [0.717, 1.165) is 50.1 Å². The lowest BCUT2D eigenvalue weighted by molar-refractivity contribution is 0.0924. The largest absolute Gasteiger partial charge is 0.384 e. The number of hydrogen-bond donors (Lipinski definition) is 3. The summed E-state index contributed by atoms with van der Waals surface area (Å²) in [5, 5.41) is 9.24. The molecule has 4 nitrogen and oxygen atoms in total. The predicted octanol–water partition coefficient (Wildman–Crippen LogP) is 1.72. The van der Waals surface area contributed by atoms with Crippen molar-refractivity contribution in [2.45, 2.75) is 25.4 Å². The van der Waals surface area contributed by atoms with Crippen LogP contribution in [-0.2, 0) is 6.42 Å². The molecule has 0 aromatic heterocycles. The number of piperidine rings is 1. The standard InChI is InChI=1S/C16H22FN3O/c17-14(11-4-7-18-8-5-11)10-20-16(21)13-2-1-3-15-12(13)6-9-19-15/h1-3,11,14,18-19H,4-10H2,(H,20,21). The molecule has 1 amide bonds. The molecule has 3 rings (SSSR count). The van der Waals surface area contributed by atoms with Crippen LogP contribution in [0.5, 0.6) is 0 Å². The lowest BCUT2D eigenvalue weighted by atomic mass is 9.93. The topological polar surface area (TPSA) is 53.2 Å². The van der Waals surface area contributed by atoms with Gasteiger partial charge in [-0.1, -0.05) is 6.07 Å². The molecule has 3 N–H and O–H groups in total. The quantitative estimate of drug-likeness (QED) is 0.792. The van der Waals surface area contributed by atoms with Gasteiger partial charge in [-0.25, -0.2) is 4.39 Å². The smallest absolute Gasteiger partial charge is 0.251 e. The molecule has 114 valence electrons. The van der Waals surface area contributed by atoms with Crippen LogP contribution in [0.25, 0.3) is 0 Å². The van der Waals surface area contributed by atoms with Gasteiger partial charge in [0.2, 0.25) is 0 Å². The molecular formula is C16H22FN3O. The Balaban J connectivity index is 1.58. The third-order valence-corrected chi connectivity index (χ3v) is 4.46. The van der Waals surface area contributed by atoms with Crippen LogP contribution in [0.3, 0.4) is 0 Å². The van der Waals surface area contributed by atoms with Crippen LogP contribution >= 0.6 is 0 Å². The van der Waals surface area contributed by atoms with Gasteiger partial charge in [0.05, 0.1) is 0 Å². The number of hydrogen-bond acceptors (Lipinski definition) is 3. The van der Waals surface area contributed by atoms with Crippen LogP contribution in [0.15, 0.2) is 18.2 Å². The Morgan fingerprint density at radius 2 is 2.14 bits per heavy atom. The molecule has 0 saturated carbocycles. The van der Waals surface area contributed by atoms with Crippen molar-refractivity contribution in [3.8, 4) is 0 Å². The van der Waals surface area contributed by atoms with E-state index in [1.807, 2.05) is 18.2 Å². The molecule has 21 heavy (non-hydrogen) atoms. The molecule has 2 aliphatic rings. The molecule has 1 aromatic carbocycles. The van der Waals surface area contributed by atoms with Gasteiger partial charge in [0.1, 0.15) is 6.17 Å². The minimum Gasteiger partial charge on any atom is -0.384 e. The summed E-state index contributed by atoms with van der Waals surface area (Å²) < 4.78 is 14.2. The summed E-state index contributed by atoms with van der Waals surface area (Å²) in [5.74, 6) is -0.0955. The molecule has 1 unspecified atom stereocenters. The number of carbonyl (C=O) groups excluding carboxylic acids is 1. The Morgan fingerprint density at radius 1 is 1.33 bits per heavy atom. The molecule has 0 bridgehead atoms. The summed E-state index contributed by atoms with van der Waals surface area (Å²) in [4.78, 5) is 12.3. The van der Waals surface area contributed by atoms with Gasteiger partial charge in [0.15, 0.2) is 0 Å². The molecule has 1 saturated heterocycles. The molecule has 2 heterocycles. The molecular weight excluding hydrogens is 269 g/mol. The second kappa shape index (κ2) is 6.43. The van der Waals surface area contributed by atoms with Gasteiger partial charge in [0.25, 0.3) is 5.91 Å². The fourth-order valence-corrected chi connectivity index (χ4v) is 3.21. The predicted molar refractivity (Wildman–Crippen MR) is 81.5 cm³/mol. The molecule has 0 aliphatic carbocycles. The second-order valence-electron chi connectivity index (χ2n) is 5.82. The summed E-state index contributed by atoms with van der Waals surface area (Å²) in [6.45, 7) is 2.72. The van der Waals surface area contributed by atoms with Gasteiger partial charge in [0, 0.05) is 24.3 Å². The van der Waals surface area contributed by atoms with E-state index >= 15 is 0 Å². The van der Waals surface area contributed by atoms with Crippen molar-refractivity contribution in [2.24, 2.45) is 5.92 Å². The van der Waals surface area contributed by atoms with E-state index in [4.69, 9.17) is 0 Å². The number of alkyl halides is 1. The number of fused-ring (bicyclic) bond motifs is 1. The Morgan fingerprint density at radius 3 is 2.95 bits per heavy atom. The van der Waals surface area contributed by atoms with Crippen LogP contribution in [0.2, 0.25) is 0 Å². The normalized spacial score (nSPS) is 19.7. The maximum absolute atomic E-state index is 14.2. The van der Waals surface area contributed by atoms with Crippen LogP contribution in [0, 0.1) is 5.92 Å². The molecule has 1 aromatic rings. The van der Waals surface area contributed by atoms with Gasteiger partial charge >= 0.3 is 0 Å². The minimum atomic E-state index is -0.953. The molecule has 1 atom stereocenters. The number of rotatable bonds is 4. The lowest BCUT2D eigenvalue weighted by Gasteiger charge is -2.25. The van der Waals surface area contributed by atoms with Gasteiger partial charge < -0.3 is 16.0 Å².